The summed E-state index contributed by atoms with van der Waals surface area (Å²) in [5, 5.41) is 8.43. The first-order valence-corrected chi connectivity index (χ1v) is 22.3. The molecular formula is C47H48F2N10O5. The van der Waals surface area contributed by atoms with E-state index in [-0.39, 0.29) is 41.5 Å². The van der Waals surface area contributed by atoms with Gasteiger partial charge in [0.1, 0.15) is 6.04 Å². The minimum absolute atomic E-state index is 0.00498. The molecule has 9 heterocycles. The number of benzene rings is 2. The number of aryl methyl sites for hydroxylation is 2. The van der Waals surface area contributed by atoms with Gasteiger partial charge in [-0.3, -0.25) is 48.8 Å². The summed E-state index contributed by atoms with van der Waals surface area (Å²) < 4.78 is 34.4. The van der Waals surface area contributed by atoms with E-state index in [2.05, 4.69) is 29.7 Å². The van der Waals surface area contributed by atoms with Gasteiger partial charge in [-0.15, -0.1) is 0 Å². The Balaban J connectivity index is 0.814. The molecule has 3 aromatic heterocycles. The van der Waals surface area contributed by atoms with Crippen LogP contribution in [0.15, 0.2) is 55.0 Å². The van der Waals surface area contributed by atoms with Crippen LogP contribution in [0.25, 0.3) is 22.0 Å². The van der Waals surface area contributed by atoms with Gasteiger partial charge in [-0.05, 0) is 79.6 Å². The predicted molar refractivity (Wildman–Crippen MR) is 232 cm³/mol. The molecule has 17 heteroatoms. The Morgan fingerprint density at radius 3 is 2.42 bits per heavy atom. The van der Waals surface area contributed by atoms with E-state index in [1.54, 1.807) is 37.5 Å². The number of pyridine rings is 1. The molecule has 0 saturated carbocycles. The van der Waals surface area contributed by atoms with Crippen molar-refractivity contribution in [1.29, 1.82) is 0 Å². The molecular weight excluding hydrogens is 823 g/mol. The van der Waals surface area contributed by atoms with E-state index in [0.717, 1.165) is 107 Å². The van der Waals surface area contributed by atoms with Crippen LogP contribution in [0.3, 0.4) is 0 Å². The zero-order valence-corrected chi connectivity index (χ0v) is 35.7. The zero-order chi connectivity index (χ0) is 44.1. The number of nitrogens with one attached hydrogen (secondary N) is 1. The van der Waals surface area contributed by atoms with Crippen LogP contribution < -0.4 is 15.1 Å². The van der Waals surface area contributed by atoms with E-state index in [4.69, 9.17) is 5.10 Å². The number of likely N-dealkylation sites (tertiary alicyclic amines) is 1. The fourth-order valence-electron chi connectivity index (χ4n) is 11.0. The largest absolute Gasteiger partial charge is 0.368 e. The van der Waals surface area contributed by atoms with Crippen molar-refractivity contribution < 1.29 is 32.8 Å². The van der Waals surface area contributed by atoms with Crippen LogP contribution in [0.1, 0.15) is 94.6 Å². The molecule has 330 valence electrons. The van der Waals surface area contributed by atoms with Crippen molar-refractivity contribution in [3.8, 4) is 11.1 Å². The summed E-state index contributed by atoms with van der Waals surface area (Å²) in [5.74, 6) is -1.33. The molecule has 0 spiro atoms. The second-order valence-corrected chi connectivity index (χ2v) is 18.1. The molecule has 5 aromatic rings. The molecule has 6 aliphatic heterocycles. The number of piperidine rings is 2. The van der Waals surface area contributed by atoms with E-state index in [1.807, 2.05) is 40.9 Å². The first kappa shape index (κ1) is 40.3. The topological polar surface area (TPSA) is 149 Å². The number of amides is 5. The van der Waals surface area contributed by atoms with Crippen LogP contribution in [0.2, 0.25) is 0 Å². The van der Waals surface area contributed by atoms with Gasteiger partial charge < -0.3 is 19.3 Å². The summed E-state index contributed by atoms with van der Waals surface area (Å²) in [6.07, 6.45) is 6.82. The van der Waals surface area contributed by atoms with Crippen molar-refractivity contribution >= 4 is 57.6 Å². The quantitative estimate of drug-likeness (QED) is 0.214. The highest BCUT2D eigenvalue weighted by atomic mass is 19.3. The van der Waals surface area contributed by atoms with Gasteiger partial charge in [0.15, 0.2) is 5.82 Å². The molecule has 0 bridgehead atoms. The molecule has 1 atom stereocenters. The van der Waals surface area contributed by atoms with Gasteiger partial charge in [0.2, 0.25) is 17.7 Å². The van der Waals surface area contributed by atoms with Crippen LogP contribution in [0.4, 0.5) is 26.0 Å². The van der Waals surface area contributed by atoms with Crippen LogP contribution in [-0.2, 0) is 40.8 Å². The van der Waals surface area contributed by atoms with E-state index < -0.39 is 36.1 Å². The maximum atomic E-state index is 15.1. The lowest BCUT2D eigenvalue weighted by Gasteiger charge is -2.48. The minimum atomic E-state index is -2.70. The van der Waals surface area contributed by atoms with Crippen molar-refractivity contribution in [2.24, 2.45) is 7.05 Å². The molecule has 3 fully saturated rings. The number of fused-ring (bicyclic) bond motifs is 4. The number of aromatic nitrogens is 4. The Hall–Kier alpha value is -6.49. The summed E-state index contributed by atoms with van der Waals surface area (Å²) in [7, 11) is 1.91. The summed E-state index contributed by atoms with van der Waals surface area (Å²) in [5.41, 5.74) is 7.36. The van der Waals surface area contributed by atoms with Gasteiger partial charge in [-0.25, -0.2) is 8.78 Å². The minimum Gasteiger partial charge on any atom is -0.368 e. The molecule has 3 saturated heterocycles. The van der Waals surface area contributed by atoms with E-state index in [9.17, 15) is 24.0 Å². The summed E-state index contributed by atoms with van der Waals surface area (Å²) >= 11 is 0. The van der Waals surface area contributed by atoms with Crippen LogP contribution >= 0.6 is 0 Å². The molecule has 0 radical (unpaired) electrons. The maximum absolute atomic E-state index is 15.1. The van der Waals surface area contributed by atoms with Gasteiger partial charge in [0.25, 0.3) is 18.2 Å². The van der Waals surface area contributed by atoms with Crippen molar-refractivity contribution in [2.45, 2.75) is 83.0 Å². The van der Waals surface area contributed by atoms with Gasteiger partial charge >= 0.3 is 0 Å². The highest BCUT2D eigenvalue weighted by Gasteiger charge is 2.45. The lowest BCUT2D eigenvalue weighted by atomic mass is 9.91. The Morgan fingerprint density at radius 1 is 0.859 bits per heavy atom. The Kier molecular flexibility index (Phi) is 9.66. The Labute approximate surface area is 367 Å². The molecule has 1 N–H and O–H groups in total. The SMILES string of the molecule is CC(=O)N1CCc2c(c(N3CCCc4cc(-c5cn(C)c6ccncc56)c(C(F)F)cc43)nn2C2CCN(C3CN(c4ccc5c(c4)C(=O)N(C4CCC(=O)NC4=O)C5=O)C3)CC2)C1. The number of carbonyl (C=O) groups excluding carboxylic acids is 5. The fraction of sp³-hybridized carbons (Fsp3) is 0.426. The molecule has 64 heavy (non-hydrogen) atoms. The van der Waals surface area contributed by atoms with Gasteiger partial charge in [0, 0.05) is 130 Å². The van der Waals surface area contributed by atoms with Gasteiger partial charge in [0.05, 0.1) is 29.2 Å². The van der Waals surface area contributed by atoms with E-state index >= 15 is 8.78 Å². The van der Waals surface area contributed by atoms with Gasteiger partial charge in [-0.1, -0.05) is 0 Å². The first-order valence-electron chi connectivity index (χ1n) is 22.3. The normalized spacial score (nSPS) is 20.9. The first-order chi connectivity index (χ1) is 30.9. The number of anilines is 3. The molecule has 6 aliphatic rings. The maximum Gasteiger partial charge on any atom is 0.264 e. The molecule has 1 unspecified atom stereocenters. The number of nitrogens with zero attached hydrogens (tertiary/aromatic N) is 9. The van der Waals surface area contributed by atoms with Crippen LogP contribution in [0, 0.1) is 0 Å². The highest BCUT2D eigenvalue weighted by molar-refractivity contribution is 6.23. The standard InChI is InChI=1S/C47H48F2N10O5/c1-26(60)55-17-12-39-37(25-55)44(57-14-3-4-27-18-32(33(43(48)49)20-41(27)57)36-24-53(2)38-9-13-50-21-35(36)38)52-59(39)28-10-15-54(16-11-28)30-22-56(23-30)29-5-6-31-34(19-29)47(64)58(46(31)63)40-7-8-42(61)51-45(40)62/h5-6,9,13,18-21,24,28,30,40,43H,3-4,7-8,10-12,14-17,22-23,25H2,1-2H3,(H,51,61,62). The summed E-state index contributed by atoms with van der Waals surface area (Å²) in [6, 6.07) is 10.2. The van der Waals surface area contributed by atoms with Crippen LogP contribution in [-0.4, -0.2) is 115 Å². The number of carbonyl (C=O) groups is 5. The molecule has 2 aromatic carbocycles. The molecule has 15 nitrogen and oxygen atoms in total. The summed E-state index contributed by atoms with van der Waals surface area (Å²) in [4.78, 5) is 77.6. The monoisotopic (exact) mass is 870 g/mol. The molecule has 5 amide bonds. The third kappa shape index (κ3) is 6.48. The number of rotatable bonds is 7. The summed E-state index contributed by atoms with van der Waals surface area (Å²) in [6.45, 7) is 6.48. The smallest absolute Gasteiger partial charge is 0.264 e. The van der Waals surface area contributed by atoms with Crippen LogP contribution in [0.5, 0.6) is 0 Å². The average molecular weight is 871 g/mol. The Morgan fingerprint density at radius 2 is 1.66 bits per heavy atom. The number of imide groups is 2. The lowest BCUT2D eigenvalue weighted by Crippen LogP contribution is -2.61. The number of alkyl halides is 2. The van der Waals surface area contributed by atoms with Crippen molar-refractivity contribution in [1.82, 2.24) is 39.3 Å². The zero-order valence-electron chi connectivity index (χ0n) is 35.7. The molecule has 11 rings (SSSR count). The van der Waals surface area contributed by atoms with E-state index in [0.29, 0.717) is 37.7 Å². The lowest BCUT2D eigenvalue weighted by molar-refractivity contribution is -0.136. The number of hydrogen-bond donors (Lipinski definition) is 1. The second-order valence-electron chi connectivity index (χ2n) is 18.1. The Bertz CT molecular complexity index is 2800. The van der Waals surface area contributed by atoms with E-state index in [1.165, 1.54) is 0 Å². The van der Waals surface area contributed by atoms with Gasteiger partial charge in [-0.2, -0.15) is 5.10 Å². The highest BCUT2D eigenvalue weighted by Crippen LogP contribution is 2.45. The number of halogens is 2. The van der Waals surface area contributed by atoms with Crippen molar-refractivity contribution in [3.63, 3.8) is 0 Å². The third-order valence-electron chi connectivity index (χ3n) is 14.5. The number of hydrogen-bond acceptors (Lipinski definition) is 10. The predicted octanol–water partition coefficient (Wildman–Crippen LogP) is 5.29. The second kappa shape index (κ2) is 15.3. The average Bonchev–Trinajstić information content (AvgIpc) is 3.91. The van der Waals surface area contributed by atoms with Crippen molar-refractivity contribution in [2.75, 3.05) is 49.1 Å². The third-order valence-corrected chi connectivity index (χ3v) is 14.5. The fourth-order valence-corrected chi connectivity index (χ4v) is 11.0. The van der Waals surface area contributed by atoms with Crippen molar-refractivity contribution in [3.05, 3.63) is 88.5 Å². The molecule has 0 aliphatic carbocycles.